The van der Waals surface area contributed by atoms with E-state index in [0.29, 0.717) is 16.7 Å². The minimum atomic E-state index is 0.248. The Morgan fingerprint density at radius 1 is 1.03 bits per heavy atom. The second kappa shape index (κ2) is 8.92. The van der Waals surface area contributed by atoms with E-state index < -0.39 is 0 Å². The summed E-state index contributed by atoms with van der Waals surface area (Å²) in [5.74, 6) is 6.15. The lowest BCUT2D eigenvalue weighted by atomic mass is 9.46. The first-order valence-corrected chi connectivity index (χ1v) is 13.4. The third-order valence-electron chi connectivity index (χ3n) is 10.8. The van der Waals surface area contributed by atoms with Gasteiger partial charge in [0.15, 0.2) is 0 Å². The topological polar surface area (TPSA) is 20.2 Å². The van der Waals surface area contributed by atoms with Gasteiger partial charge >= 0.3 is 0 Å². The van der Waals surface area contributed by atoms with Crippen molar-refractivity contribution in [2.24, 2.45) is 52.3 Å². The quantitative estimate of drug-likeness (QED) is 0.421. The van der Waals surface area contributed by atoms with E-state index in [1.54, 1.807) is 5.57 Å². The molecular formula is C29H49O. The number of hydrogen-bond donors (Lipinski definition) is 1. The molecule has 1 N–H and O–H groups in total. The van der Waals surface area contributed by atoms with Crippen molar-refractivity contribution >= 4 is 0 Å². The molecule has 171 valence electrons. The Labute approximate surface area is 187 Å². The largest absolute Gasteiger partial charge is 0.396 e. The molecule has 0 aromatic rings. The fourth-order valence-electron chi connectivity index (χ4n) is 9.06. The van der Waals surface area contributed by atoms with Crippen LogP contribution in [-0.2, 0) is 0 Å². The first-order valence-electron chi connectivity index (χ1n) is 13.4. The van der Waals surface area contributed by atoms with Crippen LogP contribution in [0.2, 0.25) is 0 Å². The van der Waals surface area contributed by atoms with Gasteiger partial charge in [0.25, 0.3) is 0 Å². The third kappa shape index (κ3) is 3.95. The summed E-state index contributed by atoms with van der Waals surface area (Å²) >= 11 is 0. The van der Waals surface area contributed by atoms with Gasteiger partial charge in [0.2, 0.25) is 0 Å². The fraction of sp³-hybridized carbons (Fsp3) is 0.897. The molecule has 8 atom stereocenters. The first kappa shape index (κ1) is 22.9. The summed E-state index contributed by atoms with van der Waals surface area (Å²) in [6.07, 6.45) is 20.3. The van der Waals surface area contributed by atoms with E-state index in [1.165, 1.54) is 70.6 Å². The van der Waals surface area contributed by atoms with Crippen molar-refractivity contribution in [1.82, 2.24) is 0 Å². The number of aliphatic hydroxyl groups is 1. The monoisotopic (exact) mass is 413 g/mol. The van der Waals surface area contributed by atoms with E-state index in [0.717, 1.165) is 35.5 Å². The van der Waals surface area contributed by atoms with Crippen LogP contribution in [0, 0.1) is 58.7 Å². The molecule has 0 amide bonds. The molecule has 1 heteroatoms. The van der Waals surface area contributed by atoms with E-state index in [-0.39, 0.29) is 6.61 Å². The van der Waals surface area contributed by atoms with Crippen LogP contribution in [0.15, 0.2) is 11.6 Å². The van der Waals surface area contributed by atoms with Gasteiger partial charge in [0.1, 0.15) is 0 Å². The Bertz CT molecular complexity index is 620. The van der Waals surface area contributed by atoms with Gasteiger partial charge in [-0.3, -0.25) is 0 Å². The molecule has 1 nitrogen and oxygen atoms in total. The smallest absolute Gasteiger partial charge is 0.0465 e. The maximum absolute atomic E-state index is 9.37. The molecule has 0 saturated heterocycles. The highest BCUT2D eigenvalue weighted by atomic mass is 16.3. The van der Waals surface area contributed by atoms with Crippen molar-refractivity contribution in [1.29, 1.82) is 0 Å². The maximum atomic E-state index is 9.37. The van der Waals surface area contributed by atoms with Crippen molar-refractivity contribution in [2.45, 2.75) is 105 Å². The second-order valence-electron chi connectivity index (χ2n) is 12.7. The lowest BCUT2D eigenvalue weighted by Crippen LogP contribution is -2.50. The molecule has 0 unspecified atom stereocenters. The van der Waals surface area contributed by atoms with Crippen molar-refractivity contribution in [2.75, 3.05) is 6.61 Å². The van der Waals surface area contributed by atoms with Gasteiger partial charge in [0, 0.05) is 6.61 Å². The molecule has 4 aliphatic carbocycles. The van der Waals surface area contributed by atoms with Gasteiger partial charge in [0.05, 0.1) is 0 Å². The minimum Gasteiger partial charge on any atom is -0.396 e. The van der Waals surface area contributed by atoms with E-state index in [4.69, 9.17) is 0 Å². The third-order valence-corrected chi connectivity index (χ3v) is 10.8. The molecule has 0 heterocycles. The van der Waals surface area contributed by atoms with E-state index in [9.17, 15) is 5.11 Å². The maximum Gasteiger partial charge on any atom is 0.0465 e. The number of allylic oxidation sites excluding steroid dienone is 2. The Hall–Kier alpha value is -0.300. The summed E-state index contributed by atoms with van der Waals surface area (Å²) in [6.45, 7) is 12.9. The first-order chi connectivity index (χ1) is 14.3. The summed E-state index contributed by atoms with van der Waals surface area (Å²) in [5, 5.41) is 9.37. The highest BCUT2D eigenvalue weighted by Crippen LogP contribution is 2.67. The zero-order chi connectivity index (χ0) is 21.5. The average molecular weight is 414 g/mol. The van der Waals surface area contributed by atoms with E-state index in [2.05, 4.69) is 47.1 Å². The summed E-state index contributed by atoms with van der Waals surface area (Å²) < 4.78 is 0. The van der Waals surface area contributed by atoms with Gasteiger partial charge in [-0.1, -0.05) is 65.5 Å². The molecule has 3 fully saturated rings. The van der Waals surface area contributed by atoms with Crippen molar-refractivity contribution in [3.63, 3.8) is 0 Å². The van der Waals surface area contributed by atoms with Crippen molar-refractivity contribution < 1.29 is 5.11 Å². The SMILES string of the molecule is CC(C)CCC[C@@H](C)[C@H]1CC[C@H]2[C@@H]3CC=C4C[C@@H]([CH]CO)CC[C@]4(C)[C@H]3CC[C@]12C. The van der Waals surface area contributed by atoms with Crippen LogP contribution in [0.25, 0.3) is 0 Å². The zero-order valence-electron chi connectivity index (χ0n) is 20.6. The molecule has 4 rings (SSSR count). The molecule has 30 heavy (non-hydrogen) atoms. The molecule has 3 saturated carbocycles. The molecular weight excluding hydrogens is 364 g/mol. The van der Waals surface area contributed by atoms with Gasteiger partial charge in [-0.2, -0.15) is 0 Å². The molecule has 0 spiro atoms. The van der Waals surface area contributed by atoms with Gasteiger partial charge in [-0.15, -0.1) is 0 Å². The van der Waals surface area contributed by atoms with Crippen LogP contribution in [-0.4, -0.2) is 11.7 Å². The zero-order valence-corrected chi connectivity index (χ0v) is 20.6. The van der Waals surface area contributed by atoms with Crippen LogP contribution in [0.3, 0.4) is 0 Å². The van der Waals surface area contributed by atoms with E-state index >= 15 is 0 Å². The fourth-order valence-corrected chi connectivity index (χ4v) is 9.06. The summed E-state index contributed by atoms with van der Waals surface area (Å²) in [5.41, 5.74) is 2.80. The van der Waals surface area contributed by atoms with Crippen LogP contribution >= 0.6 is 0 Å². The van der Waals surface area contributed by atoms with Gasteiger partial charge < -0.3 is 5.11 Å². The predicted octanol–water partition coefficient (Wildman–Crippen LogP) is 7.84. The van der Waals surface area contributed by atoms with Crippen LogP contribution in [0.5, 0.6) is 0 Å². The standard InChI is InChI=1S/C29H49O/c1-20(2)7-6-8-21(3)25-11-12-26-24-10-9-23-19-22(15-18-30)13-16-28(23,4)27(24)14-17-29(25,26)5/h9,15,20-22,24-27,30H,6-8,10-14,16-19H2,1-5H3/t21-,22-,24+,25-,26+,27+,28+,29-/m1/s1. The Kier molecular flexibility index (Phi) is 6.80. The number of fused-ring (bicyclic) bond motifs is 5. The number of hydrogen-bond acceptors (Lipinski definition) is 1. The van der Waals surface area contributed by atoms with Crippen molar-refractivity contribution in [3.05, 3.63) is 18.1 Å². The Morgan fingerprint density at radius 3 is 2.57 bits per heavy atom. The van der Waals surface area contributed by atoms with Gasteiger partial charge in [-0.05, 0) is 110 Å². The molecule has 1 radical (unpaired) electrons. The second-order valence-corrected chi connectivity index (χ2v) is 12.7. The molecule has 0 aromatic carbocycles. The van der Waals surface area contributed by atoms with E-state index in [1.807, 2.05) is 0 Å². The lowest BCUT2D eigenvalue weighted by molar-refractivity contribution is -0.0521. The number of rotatable bonds is 7. The normalized spacial score (nSPS) is 44.2. The minimum absolute atomic E-state index is 0.248. The average Bonchev–Trinajstić information content (AvgIpc) is 3.05. The van der Waals surface area contributed by atoms with Crippen LogP contribution in [0.4, 0.5) is 0 Å². The summed E-state index contributed by atoms with van der Waals surface area (Å²) in [7, 11) is 0. The van der Waals surface area contributed by atoms with Crippen molar-refractivity contribution in [3.8, 4) is 0 Å². The van der Waals surface area contributed by atoms with Crippen LogP contribution < -0.4 is 0 Å². The molecule has 4 aliphatic rings. The number of aliphatic hydroxyl groups excluding tert-OH is 1. The highest BCUT2D eigenvalue weighted by molar-refractivity contribution is 5.25. The molecule has 0 aliphatic heterocycles. The molecule has 0 bridgehead atoms. The predicted molar refractivity (Wildman–Crippen MR) is 128 cm³/mol. The summed E-state index contributed by atoms with van der Waals surface area (Å²) in [6, 6.07) is 0. The van der Waals surface area contributed by atoms with Crippen LogP contribution in [0.1, 0.15) is 105 Å². The Morgan fingerprint density at radius 2 is 1.83 bits per heavy atom. The Balaban J connectivity index is 1.47. The molecule has 0 aromatic heterocycles. The lowest BCUT2D eigenvalue weighted by Gasteiger charge is -2.58. The highest BCUT2D eigenvalue weighted by Gasteiger charge is 2.59. The summed E-state index contributed by atoms with van der Waals surface area (Å²) in [4.78, 5) is 0. The van der Waals surface area contributed by atoms with Gasteiger partial charge in [-0.25, -0.2) is 0 Å².